The van der Waals surface area contributed by atoms with Crippen LogP contribution in [0.4, 0.5) is 0 Å². The molecule has 0 radical (unpaired) electrons. The van der Waals surface area contributed by atoms with Crippen LogP contribution in [0.25, 0.3) is 0 Å². The van der Waals surface area contributed by atoms with Gasteiger partial charge in [-0.2, -0.15) is 0 Å². The van der Waals surface area contributed by atoms with Crippen molar-refractivity contribution in [3.63, 3.8) is 0 Å². The highest BCUT2D eigenvalue weighted by Crippen LogP contribution is 2.40. The van der Waals surface area contributed by atoms with E-state index in [1.165, 1.54) is 47.1 Å². The van der Waals surface area contributed by atoms with Gasteiger partial charge < -0.3 is 0 Å². The zero-order valence-corrected chi connectivity index (χ0v) is 28.1. The molecule has 0 bridgehead atoms. The van der Waals surface area contributed by atoms with E-state index in [0.29, 0.717) is 12.3 Å². The SMILES string of the molecule is CC1=C(/C=C/C(C)=C/C=C/C(C)=C/C=C/C=C(C)/C=C/C=C(C)/C=C/C=C(C)/C=C/C(=O)CC(C)C)C(C)(C)CCC1. The topological polar surface area (TPSA) is 17.1 Å². The molecule has 42 heavy (non-hydrogen) atoms. The molecular weight excluding hydrogens is 508 g/mol. The maximum Gasteiger partial charge on any atom is 0.155 e. The first kappa shape index (κ1) is 36.6. The summed E-state index contributed by atoms with van der Waals surface area (Å²) >= 11 is 0. The highest BCUT2D eigenvalue weighted by molar-refractivity contribution is 5.90. The Morgan fingerprint density at radius 2 is 1.10 bits per heavy atom. The lowest BCUT2D eigenvalue weighted by molar-refractivity contribution is -0.115. The van der Waals surface area contributed by atoms with E-state index in [2.05, 4.69) is 141 Å². The van der Waals surface area contributed by atoms with Gasteiger partial charge in [-0.05, 0) is 83.8 Å². The number of hydrogen-bond acceptors (Lipinski definition) is 1. The molecule has 0 aromatic carbocycles. The molecule has 1 nitrogen and oxygen atoms in total. The van der Waals surface area contributed by atoms with Gasteiger partial charge in [0.2, 0.25) is 0 Å². The minimum atomic E-state index is 0.179. The van der Waals surface area contributed by atoms with Crippen LogP contribution in [0.3, 0.4) is 0 Å². The third kappa shape index (κ3) is 16.7. The van der Waals surface area contributed by atoms with Crippen LogP contribution >= 0.6 is 0 Å². The van der Waals surface area contributed by atoms with Gasteiger partial charge in [0.25, 0.3) is 0 Å². The molecule has 0 aromatic rings. The van der Waals surface area contributed by atoms with Crippen molar-refractivity contribution in [3.8, 4) is 0 Å². The van der Waals surface area contributed by atoms with Crippen molar-refractivity contribution in [2.45, 2.75) is 94.9 Å². The van der Waals surface area contributed by atoms with Gasteiger partial charge in [-0.3, -0.25) is 4.79 Å². The summed E-state index contributed by atoms with van der Waals surface area (Å²) in [7, 11) is 0. The number of allylic oxidation sites excluding steroid dienone is 24. The summed E-state index contributed by atoms with van der Waals surface area (Å²) in [4.78, 5) is 11.8. The van der Waals surface area contributed by atoms with Gasteiger partial charge in [-0.15, -0.1) is 0 Å². The first-order valence-corrected chi connectivity index (χ1v) is 15.5. The number of carbonyl (C=O) groups is 1. The maximum absolute atomic E-state index is 11.8. The van der Waals surface area contributed by atoms with Crippen LogP contribution in [0, 0.1) is 11.3 Å². The summed E-state index contributed by atoms with van der Waals surface area (Å²) in [5.74, 6) is 0.570. The van der Waals surface area contributed by atoms with E-state index in [1.54, 1.807) is 6.08 Å². The van der Waals surface area contributed by atoms with Gasteiger partial charge in [0, 0.05) is 6.42 Å². The van der Waals surface area contributed by atoms with Crippen LogP contribution in [0.15, 0.2) is 142 Å². The van der Waals surface area contributed by atoms with Crippen LogP contribution in [0.1, 0.15) is 94.9 Å². The molecule has 0 saturated heterocycles. The van der Waals surface area contributed by atoms with Crippen molar-refractivity contribution in [2.24, 2.45) is 11.3 Å². The summed E-state index contributed by atoms with van der Waals surface area (Å²) in [6.07, 6.45) is 39.8. The van der Waals surface area contributed by atoms with Gasteiger partial charge in [0.05, 0.1) is 0 Å². The zero-order chi connectivity index (χ0) is 31.5. The van der Waals surface area contributed by atoms with Crippen molar-refractivity contribution >= 4 is 5.78 Å². The fourth-order valence-electron chi connectivity index (χ4n) is 4.67. The van der Waals surface area contributed by atoms with E-state index < -0.39 is 0 Å². The summed E-state index contributed by atoms with van der Waals surface area (Å²) in [5, 5.41) is 0. The molecular formula is C41H56O. The fourth-order valence-corrected chi connectivity index (χ4v) is 4.67. The zero-order valence-electron chi connectivity index (χ0n) is 28.1. The third-order valence-corrected chi connectivity index (χ3v) is 7.18. The Morgan fingerprint density at radius 1 is 0.667 bits per heavy atom. The summed E-state index contributed by atoms with van der Waals surface area (Å²) < 4.78 is 0. The van der Waals surface area contributed by atoms with Gasteiger partial charge >= 0.3 is 0 Å². The van der Waals surface area contributed by atoms with Crippen molar-refractivity contribution in [1.29, 1.82) is 0 Å². The lowest BCUT2D eigenvalue weighted by atomic mass is 9.72. The minimum Gasteiger partial charge on any atom is -0.295 e. The van der Waals surface area contributed by atoms with Gasteiger partial charge in [0.15, 0.2) is 5.78 Å². The fraction of sp³-hybridized carbons (Fsp3) is 0.390. The minimum absolute atomic E-state index is 0.179. The molecule has 226 valence electrons. The monoisotopic (exact) mass is 564 g/mol. The van der Waals surface area contributed by atoms with Gasteiger partial charge in [-0.25, -0.2) is 0 Å². The van der Waals surface area contributed by atoms with Crippen LogP contribution in [0.2, 0.25) is 0 Å². The highest BCUT2D eigenvalue weighted by Gasteiger charge is 2.26. The Kier molecular flexibility index (Phi) is 17.1. The van der Waals surface area contributed by atoms with E-state index in [0.717, 1.165) is 11.1 Å². The van der Waals surface area contributed by atoms with Gasteiger partial charge in [0.1, 0.15) is 0 Å². The first-order chi connectivity index (χ1) is 19.8. The molecule has 0 atom stereocenters. The van der Waals surface area contributed by atoms with Crippen molar-refractivity contribution in [1.82, 2.24) is 0 Å². The average molecular weight is 565 g/mol. The molecule has 0 saturated carbocycles. The van der Waals surface area contributed by atoms with Crippen molar-refractivity contribution in [3.05, 3.63) is 142 Å². The smallest absolute Gasteiger partial charge is 0.155 e. The van der Waals surface area contributed by atoms with E-state index in [1.807, 2.05) is 25.2 Å². The lowest BCUT2D eigenvalue weighted by Gasteiger charge is -2.32. The Hall–Kier alpha value is -3.45. The van der Waals surface area contributed by atoms with E-state index >= 15 is 0 Å². The molecule has 0 N–H and O–H groups in total. The Labute approximate surface area is 258 Å². The number of ketones is 1. The first-order valence-electron chi connectivity index (χ1n) is 15.5. The summed E-state index contributed by atoms with van der Waals surface area (Å²) in [6, 6.07) is 0. The molecule has 0 aromatic heterocycles. The quantitative estimate of drug-likeness (QED) is 0.151. The second-order valence-corrected chi connectivity index (χ2v) is 12.7. The molecule has 1 aliphatic rings. The van der Waals surface area contributed by atoms with E-state index in [9.17, 15) is 4.79 Å². The summed E-state index contributed by atoms with van der Waals surface area (Å²) in [6.45, 7) is 21.6. The molecule has 0 spiro atoms. The largest absolute Gasteiger partial charge is 0.295 e. The second kappa shape index (κ2) is 19.6. The maximum atomic E-state index is 11.8. The molecule has 0 unspecified atom stereocenters. The third-order valence-electron chi connectivity index (χ3n) is 7.18. The lowest BCUT2D eigenvalue weighted by Crippen LogP contribution is -2.19. The highest BCUT2D eigenvalue weighted by atomic mass is 16.1. The Balaban J connectivity index is 2.60. The predicted octanol–water partition coefficient (Wildman–Crippen LogP) is 12.2. The molecule has 1 heteroatoms. The Morgan fingerprint density at radius 3 is 1.55 bits per heavy atom. The van der Waals surface area contributed by atoms with Crippen LogP contribution in [-0.2, 0) is 4.79 Å². The second-order valence-electron chi connectivity index (χ2n) is 12.7. The molecule has 1 rings (SSSR count). The molecule has 1 aliphatic carbocycles. The van der Waals surface area contributed by atoms with Crippen molar-refractivity contribution in [2.75, 3.05) is 0 Å². The Bertz CT molecular complexity index is 1260. The molecule has 0 amide bonds. The predicted molar refractivity (Wildman–Crippen MR) is 188 cm³/mol. The van der Waals surface area contributed by atoms with Crippen LogP contribution in [0.5, 0.6) is 0 Å². The van der Waals surface area contributed by atoms with Crippen LogP contribution in [-0.4, -0.2) is 5.78 Å². The number of hydrogen-bond donors (Lipinski definition) is 0. The van der Waals surface area contributed by atoms with Crippen LogP contribution < -0.4 is 0 Å². The molecule has 0 aliphatic heterocycles. The standard InChI is InChI=1S/C41H56O/c1-32(2)31-39(42)28-26-36(6)23-15-22-35(5)21-13-19-33(3)17-11-12-18-34(4)20-14-24-37(7)27-29-40-38(8)25-16-30-41(40,9)10/h11-15,17-24,26-29,32H,16,25,30-31H2,1-10H3/b12-11+,19-13+,20-14+,22-15+,28-26+,29-27+,33-17+,34-18+,35-21+,36-23+,37-24+. The average Bonchev–Trinajstić information content (AvgIpc) is 2.89. The normalized spacial score (nSPS) is 18.6. The van der Waals surface area contributed by atoms with E-state index in [-0.39, 0.29) is 11.2 Å². The molecule has 0 fully saturated rings. The number of carbonyl (C=O) groups excluding carboxylic acids is 1. The summed E-state index contributed by atoms with van der Waals surface area (Å²) in [5.41, 5.74) is 9.20. The van der Waals surface area contributed by atoms with Gasteiger partial charge in [-0.1, -0.05) is 158 Å². The van der Waals surface area contributed by atoms with Crippen molar-refractivity contribution < 1.29 is 4.79 Å². The number of rotatable bonds is 14. The molecule has 0 heterocycles. The van der Waals surface area contributed by atoms with E-state index in [4.69, 9.17) is 0 Å².